The fourth-order valence-electron chi connectivity index (χ4n) is 4.67. The molecule has 39 heavy (non-hydrogen) atoms. The summed E-state index contributed by atoms with van der Waals surface area (Å²) in [6.45, 7) is 6.95. The number of fused-ring (bicyclic) bond motifs is 1. The summed E-state index contributed by atoms with van der Waals surface area (Å²) in [6.07, 6.45) is 0. The van der Waals surface area contributed by atoms with Crippen LogP contribution in [0, 0.1) is 13.8 Å². The molecule has 4 aromatic rings. The smallest absolute Gasteiger partial charge is 0.338 e. The number of ether oxygens (including phenoxy) is 1. The van der Waals surface area contributed by atoms with E-state index >= 15 is 0 Å². The van der Waals surface area contributed by atoms with Crippen LogP contribution in [0.15, 0.2) is 66.7 Å². The minimum atomic E-state index is -0.578. The standard InChI is InChI=1S/C31H32N4O4/c1-21-3-7-23(8-4-21)29-30(24-9-5-22(2)6-10-24)33-27-19-25(11-12-26(27)32-29)31(38)39-20-28(37)35-15-13-34(14-16-35)17-18-36/h3-12,19,36H,13-18,20H2,1-2H3. The number of aliphatic hydroxyl groups is 1. The molecular weight excluding hydrogens is 492 g/mol. The lowest BCUT2D eigenvalue weighted by Gasteiger charge is -2.34. The van der Waals surface area contributed by atoms with Gasteiger partial charge >= 0.3 is 5.97 Å². The Balaban J connectivity index is 1.37. The zero-order valence-corrected chi connectivity index (χ0v) is 22.3. The largest absolute Gasteiger partial charge is 0.452 e. The minimum Gasteiger partial charge on any atom is -0.452 e. The second-order valence-corrected chi connectivity index (χ2v) is 9.88. The molecule has 0 bridgehead atoms. The molecule has 8 heteroatoms. The van der Waals surface area contributed by atoms with Crippen molar-refractivity contribution in [3.05, 3.63) is 83.4 Å². The summed E-state index contributed by atoms with van der Waals surface area (Å²) in [5.41, 5.74) is 7.25. The molecule has 0 atom stereocenters. The normalized spacial score (nSPS) is 14.0. The second kappa shape index (κ2) is 11.7. The fourth-order valence-corrected chi connectivity index (χ4v) is 4.67. The number of nitrogens with zero attached hydrogens (tertiary/aromatic N) is 4. The van der Waals surface area contributed by atoms with E-state index in [0.29, 0.717) is 49.3 Å². The van der Waals surface area contributed by atoms with Gasteiger partial charge in [-0.25, -0.2) is 14.8 Å². The van der Waals surface area contributed by atoms with Crippen molar-refractivity contribution < 1.29 is 19.4 Å². The lowest BCUT2D eigenvalue weighted by molar-refractivity contribution is -0.136. The Bertz CT molecular complexity index is 1480. The monoisotopic (exact) mass is 524 g/mol. The summed E-state index contributed by atoms with van der Waals surface area (Å²) in [4.78, 5) is 39.1. The van der Waals surface area contributed by atoms with Crippen molar-refractivity contribution in [2.75, 3.05) is 45.9 Å². The molecule has 2 heterocycles. The zero-order chi connectivity index (χ0) is 27.4. The summed E-state index contributed by atoms with van der Waals surface area (Å²) in [5, 5.41) is 9.08. The van der Waals surface area contributed by atoms with E-state index in [2.05, 4.69) is 17.0 Å². The van der Waals surface area contributed by atoms with Crippen molar-refractivity contribution in [1.82, 2.24) is 19.8 Å². The van der Waals surface area contributed by atoms with Gasteiger partial charge in [0.1, 0.15) is 0 Å². The lowest BCUT2D eigenvalue weighted by Crippen LogP contribution is -2.50. The Hall–Kier alpha value is -4.14. The predicted octanol–water partition coefficient (Wildman–Crippen LogP) is 3.87. The lowest BCUT2D eigenvalue weighted by atomic mass is 10.0. The highest BCUT2D eigenvalue weighted by Crippen LogP contribution is 2.31. The third kappa shape index (κ3) is 6.13. The highest BCUT2D eigenvalue weighted by atomic mass is 16.5. The Morgan fingerprint density at radius 2 is 1.36 bits per heavy atom. The predicted molar refractivity (Wildman–Crippen MR) is 150 cm³/mol. The van der Waals surface area contributed by atoms with E-state index in [1.54, 1.807) is 23.1 Å². The van der Waals surface area contributed by atoms with Crippen LogP contribution in [0.5, 0.6) is 0 Å². The number of piperazine rings is 1. The van der Waals surface area contributed by atoms with Gasteiger partial charge in [0.2, 0.25) is 0 Å². The molecule has 0 unspecified atom stereocenters. The van der Waals surface area contributed by atoms with Crippen LogP contribution < -0.4 is 0 Å². The molecule has 0 saturated carbocycles. The molecule has 0 radical (unpaired) electrons. The van der Waals surface area contributed by atoms with Crippen molar-refractivity contribution >= 4 is 22.9 Å². The van der Waals surface area contributed by atoms with Gasteiger partial charge in [0.05, 0.1) is 34.6 Å². The molecule has 8 nitrogen and oxygen atoms in total. The van der Waals surface area contributed by atoms with E-state index in [1.807, 2.05) is 50.2 Å². The van der Waals surface area contributed by atoms with Gasteiger partial charge in [-0.2, -0.15) is 0 Å². The van der Waals surface area contributed by atoms with Crippen LogP contribution in [-0.2, 0) is 9.53 Å². The molecule has 1 saturated heterocycles. The highest BCUT2D eigenvalue weighted by molar-refractivity contribution is 5.96. The van der Waals surface area contributed by atoms with Crippen molar-refractivity contribution in [1.29, 1.82) is 0 Å². The molecule has 1 N–H and O–H groups in total. The van der Waals surface area contributed by atoms with Crippen LogP contribution in [0.4, 0.5) is 0 Å². The van der Waals surface area contributed by atoms with E-state index in [4.69, 9.17) is 19.8 Å². The van der Waals surface area contributed by atoms with Gasteiger partial charge in [0.15, 0.2) is 6.61 Å². The van der Waals surface area contributed by atoms with Gasteiger partial charge in [0, 0.05) is 43.9 Å². The topological polar surface area (TPSA) is 95.9 Å². The highest BCUT2D eigenvalue weighted by Gasteiger charge is 2.22. The van der Waals surface area contributed by atoms with Crippen molar-refractivity contribution in [3.63, 3.8) is 0 Å². The molecule has 1 amide bonds. The first kappa shape index (κ1) is 26.5. The molecule has 200 valence electrons. The van der Waals surface area contributed by atoms with Crippen LogP contribution in [0.3, 0.4) is 0 Å². The van der Waals surface area contributed by atoms with Crippen molar-refractivity contribution in [2.45, 2.75) is 13.8 Å². The number of carbonyl (C=O) groups excluding carboxylic acids is 2. The molecule has 3 aromatic carbocycles. The van der Waals surface area contributed by atoms with E-state index in [1.165, 1.54) is 0 Å². The number of hydrogen-bond donors (Lipinski definition) is 1. The van der Waals surface area contributed by atoms with Crippen molar-refractivity contribution in [2.24, 2.45) is 0 Å². The van der Waals surface area contributed by atoms with Crippen LogP contribution in [0.25, 0.3) is 33.5 Å². The third-order valence-corrected chi connectivity index (χ3v) is 7.02. The Morgan fingerprint density at radius 3 is 1.92 bits per heavy atom. The minimum absolute atomic E-state index is 0.0987. The Morgan fingerprint density at radius 1 is 0.795 bits per heavy atom. The molecule has 1 aliphatic rings. The van der Waals surface area contributed by atoms with Gasteiger partial charge in [-0.3, -0.25) is 9.69 Å². The number of aryl methyl sites for hydroxylation is 2. The first-order valence-electron chi connectivity index (χ1n) is 13.2. The number of amides is 1. The Kier molecular flexibility index (Phi) is 7.95. The number of carbonyl (C=O) groups is 2. The summed E-state index contributed by atoms with van der Waals surface area (Å²) in [7, 11) is 0. The molecule has 0 aliphatic carbocycles. The number of rotatable bonds is 7. The number of aromatic nitrogens is 2. The summed E-state index contributed by atoms with van der Waals surface area (Å²) >= 11 is 0. The van der Waals surface area contributed by atoms with Gasteiger partial charge in [-0.05, 0) is 32.0 Å². The molecule has 5 rings (SSSR count). The number of hydrogen-bond acceptors (Lipinski definition) is 7. The number of benzene rings is 3. The first-order chi connectivity index (χ1) is 18.9. The number of aliphatic hydroxyl groups excluding tert-OH is 1. The average molecular weight is 525 g/mol. The zero-order valence-electron chi connectivity index (χ0n) is 22.3. The summed E-state index contributed by atoms with van der Waals surface area (Å²) in [6, 6.07) is 21.4. The maximum absolute atomic E-state index is 12.8. The Labute approximate surface area is 227 Å². The first-order valence-corrected chi connectivity index (χ1v) is 13.2. The van der Waals surface area contributed by atoms with E-state index < -0.39 is 5.97 Å². The average Bonchev–Trinajstić information content (AvgIpc) is 2.96. The fraction of sp³-hybridized carbons (Fsp3) is 0.290. The SMILES string of the molecule is Cc1ccc(-c2nc3ccc(C(=O)OCC(=O)N4CCN(CCO)CC4)cc3nc2-c2ccc(C)cc2)cc1. The molecule has 1 fully saturated rings. The van der Waals surface area contributed by atoms with Crippen LogP contribution in [0.2, 0.25) is 0 Å². The third-order valence-electron chi connectivity index (χ3n) is 7.02. The van der Waals surface area contributed by atoms with Crippen LogP contribution >= 0.6 is 0 Å². The maximum Gasteiger partial charge on any atom is 0.338 e. The molecule has 1 aliphatic heterocycles. The van der Waals surface area contributed by atoms with Gasteiger partial charge < -0.3 is 14.7 Å². The second-order valence-electron chi connectivity index (χ2n) is 9.88. The van der Waals surface area contributed by atoms with Crippen LogP contribution in [0.1, 0.15) is 21.5 Å². The van der Waals surface area contributed by atoms with E-state index in [9.17, 15) is 9.59 Å². The molecule has 1 aromatic heterocycles. The quantitative estimate of drug-likeness (QED) is 0.367. The summed E-state index contributed by atoms with van der Waals surface area (Å²) in [5.74, 6) is -0.803. The summed E-state index contributed by atoms with van der Waals surface area (Å²) < 4.78 is 5.37. The van der Waals surface area contributed by atoms with E-state index in [-0.39, 0.29) is 19.1 Å². The van der Waals surface area contributed by atoms with Crippen molar-refractivity contribution in [3.8, 4) is 22.5 Å². The van der Waals surface area contributed by atoms with Gasteiger partial charge in [-0.1, -0.05) is 59.7 Å². The number of esters is 1. The van der Waals surface area contributed by atoms with Gasteiger partial charge in [0.25, 0.3) is 5.91 Å². The van der Waals surface area contributed by atoms with Crippen LogP contribution in [-0.4, -0.2) is 82.7 Å². The van der Waals surface area contributed by atoms with E-state index in [0.717, 1.165) is 33.6 Å². The maximum atomic E-state index is 12.8. The molecule has 0 spiro atoms. The number of β-amino-alcohol motifs (C(OH)–C–C–N with tert-alkyl or cyclic N) is 1. The van der Waals surface area contributed by atoms with Gasteiger partial charge in [-0.15, -0.1) is 0 Å². The molecular formula is C31H32N4O4.